The zero-order valence-electron chi connectivity index (χ0n) is 24.9. The minimum absolute atomic E-state index is 0.0123. The molecule has 9 heteroatoms. The molecule has 2 aromatic rings. The van der Waals surface area contributed by atoms with Crippen LogP contribution < -0.4 is 0 Å². The van der Waals surface area contributed by atoms with E-state index in [9.17, 15) is 24.1 Å². The maximum atomic E-state index is 14.2. The number of rotatable bonds is 7. The molecule has 6 rings (SSSR count). The molecule has 7 nitrogen and oxygen atoms in total. The number of aromatic hydroxyl groups is 1. The average molecular weight is 587 g/mol. The van der Waals surface area contributed by atoms with Gasteiger partial charge in [-0.3, -0.25) is 19.5 Å². The van der Waals surface area contributed by atoms with Crippen LogP contribution in [-0.4, -0.2) is 51.1 Å². The van der Waals surface area contributed by atoms with Gasteiger partial charge in [-0.2, -0.15) is 0 Å². The molecule has 4 atom stereocenters. The van der Waals surface area contributed by atoms with E-state index in [2.05, 4.69) is 18.8 Å². The summed E-state index contributed by atoms with van der Waals surface area (Å²) in [6.07, 6.45) is 10.0. The van der Waals surface area contributed by atoms with Gasteiger partial charge in [0.25, 0.3) is 0 Å². The van der Waals surface area contributed by atoms with Gasteiger partial charge >= 0.3 is 7.12 Å². The van der Waals surface area contributed by atoms with Crippen molar-refractivity contribution < 1.29 is 28.8 Å². The number of allylic oxidation sites excluding steroid dienone is 2. The first-order valence-corrected chi connectivity index (χ1v) is 15.8. The Balaban J connectivity index is 1.32. The average Bonchev–Trinajstić information content (AvgIpc) is 3.26. The lowest BCUT2D eigenvalue weighted by Crippen LogP contribution is -2.47. The molecule has 0 spiro atoms. The van der Waals surface area contributed by atoms with E-state index >= 15 is 0 Å². The first-order chi connectivity index (χ1) is 20.7. The Hall–Kier alpha value is -3.30. The summed E-state index contributed by atoms with van der Waals surface area (Å²) in [5.41, 5.74) is 4.44. The zero-order valence-corrected chi connectivity index (χ0v) is 24.9. The predicted molar refractivity (Wildman–Crippen MR) is 163 cm³/mol. The third-order valence-corrected chi connectivity index (χ3v) is 9.90. The molecule has 2 N–H and O–H groups in total. The molecule has 1 aromatic carbocycles. The molecule has 226 valence electrons. The van der Waals surface area contributed by atoms with Gasteiger partial charge in [0.05, 0.1) is 23.6 Å². The number of halogens is 1. The van der Waals surface area contributed by atoms with Crippen molar-refractivity contribution in [2.75, 3.05) is 0 Å². The van der Waals surface area contributed by atoms with Crippen LogP contribution in [0.15, 0.2) is 53.7 Å². The van der Waals surface area contributed by atoms with Crippen LogP contribution in [0.4, 0.5) is 4.39 Å². The SMILES string of the molecule is CC(C)C1=C2[C@@H](CC/C(=C/c3ccc(O)c(F)c3)c3ccccn3)OB(O)C[C@@H]2[C@@H]2C(=O)N(C3CCCCC3)C(=O)[C@@H]2C1. The third-order valence-electron chi connectivity index (χ3n) is 9.90. The van der Waals surface area contributed by atoms with Crippen molar-refractivity contribution in [1.29, 1.82) is 0 Å². The van der Waals surface area contributed by atoms with Crippen LogP contribution in [-0.2, 0) is 14.2 Å². The van der Waals surface area contributed by atoms with Crippen LogP contribution in [0.25, 0.3) is 11.6 Å². The fourth-order valence-electron chi connectivity index (χ4n) is 7.90. The molecule has 2 amide bonds. The highest BCUT2D eigenvalue weighted by Gasteiger charge is 2.58. The fourth-order valence-corrected chi connectivity index (χ4v) is 7.90. The van der Waals surface area contributed by atoms with Gasteiger partial charge in [0, 0.05) is 12.2 Å². The molecule has 3 heterocycles. The van der Waals surface area contributed by atoms with E-state index in [0.29, 0.717) is 31.1 Å². The van der Waals surface area contributed by atoms with Gasteiger partial charge in [-0.15, -0.1) is 0 Å². The number of amides is 2. The maximum absolute atomic E-state index is 14.2. The smallest absolute Gasteiger partial charge is 0.455 e. The molecule has 2 aliphatic heterocycles. The van der Waals surface area contributed by atoms with Crippen molar-refractivity contribution in [3.8, 4) is 5.75 Å². The van der Waals surface area contributed by atoms with Crippen LogP contribution in [0, 0.1) is 29.5 Å². The quantitative estimate of drug-likeness (QED) is 0.234. The van der Waals surface area contributed by atoms with E-state index in [-0.39, 0.29) is 35.6 Å². The summed E-state index contributed by atoms with van der Waals surface area (Å²) in [7, 11) is -1.04. The Morgan fingerprint density at radius 3 is 2.63 bits per heavy atom. The summed E-state index contributed by atoms with van der Waals surface area (Å²) in [6, 6.07) is 9.89. The van der Waals surface area contributed by atoms with Gasteiger partial charge in [-0.25, -0.2) is 4.39 Å². The van der Waals surface area contributed by atoms with Crippen LogP contribution in [0.3, 0.4) is 0 Å². The Morgan fingerprint density at radius 1 is 1.14 bits per heavy atom. The molecule has 43 heavy (non-hydrogen) atoms. The largest absolute Gasteiger partial charge is 0.505 e. The Labute approximate surface area is 253 Å². The van der Waals surface area contributed by atoms with E-state index < -0.39 is 30.7 Å². The second-order valence-corrected chi connectivity index (χ2v) is 12.9. The van der Waals surface area contributed by atoms with Gasteiger partial charge in [0.15, 0.2) is 11.6 Å². The number of imide groups is 1. The fraction of sp³-hybridized carbons (Fsp3) is 0.500. The van der Waals surface area contributed by atoms with Crippen molar-refractivity contribution >= 4 is 30.6 Å². The molecule has 0 unspecified atom stereocenters. The van der Waals surface area contributed by atoms with Crippen LogP contribution in [0.5, 0.6) is 5.75 Å². The van der Waals surface area contributed by atoms with Gasteiger partial charge in [-0.05, 0) is 97.3 Å². The number of fused-ring (bicyclic) bond motifs is 3. The number of phenolic OH excluding ortho intramolecular Hbond substituents is 1. The second kappa shape index (κ2) is 12.4. The standard InChI is InChI=1S/C34H40BFN2O5/c1-20(2)24-18-25-32(34(41)38(33(25)40)23-8-4-3-5-9-23)26-19-35(42)43-30(31(24)26)14-12-22(28-10-6-7-15-37-28)16-21-11-13-29(39)27(36)17-21/h6-7,10-11,13,15-17,20,23,25-26,30,32,39,42H,3-5,8-9,12,14,18-19H2,1-2H3/b22-16-/t25-,26+,30-,32-/m1/s1. The summed E-state index contributed by atoms with van der Waals surface area (Å²) >= 11 is 0. The predicted octanol–water partition coefficient (Wildman–Crippen LogP) is 6.03. The number of hydrogen-bond acceptors (Lipinski definition) is 6. The number of hydrogen-bond donors (Lipinski definition) is 2. The third kappa shape index (κ3) is 5.81. The van der Waals surface area contributed by atoms with E-state index in [1.165, 1.54) is 17.7 Å². The van der Waals surface area contributed by atoms with E-state index in [1.807, 2.05) is 24.3 Å². The molecular formula is C34H40BFN2O5. The lowest BCUT2D eigenvalue weighted by Gasteiger charge is -2.44. The molecule has 0 bridgehead atoms. The summed E-state index contributed by atoms with van der Waals surface area (Å²) in [4.78, 5) is 33.9. The molecule has 2 saturated heterocycles. The van der Waals surface area contributed by atoms with Gasteiger partial charge in [0.1, 0.15) is 0 Å². The van der Waals surface area contributed by atoms with Crippen molar-refractivity contribution in [2.24, 2.45) is 23.7 Å². The maximum Gasteiger partial charge on any atom is 0.455 e. The minimum Gasteiger partial charge on any atom is -0.505 e. The normalized spacial score (nSPS) is 26.8. The van der Waals surface area contributed by atoms with Crippen LogP contribution in [0.2, 0.25) is 6.32 Å². The Bertz CT molecular complexity index is 1440. The van der Waals surface area contributed by atoms with E-state index in [0.717, 1.165) is 48.9 Å². The van der Waals surface area contributed by atoms with Crippen molar-refractivity contribution in [2.45, 2.75) is 83.7 Å². The van der Waals surface area contributed by atoms with Crippen LogP contribution >= 0.6 is 0 Å². The number of nitrogens with zero attached hydrogens (tertiary/aromatic N) is 2. The van der Waals surface area contributed by atoms with Gasteiger partial charge < -0.3 is 14.8 Å². The van der Waals surface area contributed by atoms with Crippen molar-refractivity contribution in [3.63, 3.8) is 0 Å². The zero-order chi connectivity index (χ0) is 30.2. The number of pyridine rings is 1. The van der Waals surface area contributed by atoms with Crippen molar-refractivity contribution in [1.82, 2.24) is 9.88 Å². The van der Waals surface area contributed by atoms with Gasteiger partial charge in [-0.1, -0.05) is 50.8 Å². The topological polar surface area (TPSA) is 100.0 Å². The van der Waals surface area contributed by atoms with E-state index in [4.69, 9.17) is 4.65 Å². The Kier molecular flexibility index (Phi) is 8.56. The molecule has 1 saturated carbocycles. The molecule has 1 aromatic heterocycles. The minimum atomic E-state index is -1.04. The summed E-state index contributed by atoms with van der Waals surface area (Å²) in [6.45, 7) is 4.25. The highest BCUT2D eigenvalue weighted by atomic mass is 19.1. The van der Waals surface area contributed by atoms with E-state index in [1.54, 1.807) is 17.2 Å². The molecular weight excluding hydrogens is 546 g/mol. The van der Waals surface area contributed by atoms with Crippen LogP contribution in [0.1, 0.15) is 76.5 Å². The first kappa shape index (κ1) is 29.8. The molecule has 4 aliphatic rings. The number of carbonyl (C=O) groups is 2. The number of likely N-dealkylation sites (tertiary alicyclic amines) is 1. The second-order valence-electron chi connectivity index (χ2n) is 12.9. The molecule has 3 fully saturated rings. The van der Waals surface area contributed by atoms with Crippen molar-refractivity contribution in [3.05, 3.63) is 70.8 Å². The highest BCUT2D eigenvalue weighted by molar-refractivity contribution is 6.43. The highest BCUT2D eigenvalue weighted by Crippen LogP contribution is 2.53. The number of aromatic nitrogens is 1. The summed E-state index contributed by atoms with van der Waals surface area (Å²) in [5.74, 6) is -2.11. The lowest BCUT2D eigenvalue weighted by molar-refractivity contribution is -0.143. The molecule has 2 aliphatic carbocycles. The summed E-state index contributed by atoms with van der Waals surface area (Å²) < 4.78 is 20.4. The first-order valence-electron chi connectivity index (χ1n) is 15.8. The van der Waals surface area contributed by atoms with Gasteiger partial charge in [0.2, 0.25) is 11.8 Å². The number of benzene rings is 1. The monoisotopic (exact) mass is 586 g/mol. The Morgan fingerprint density at radius 2 is 1.93 bits per heavy atom. The summed E-state index contributed by atoms with van der Waals surface area (Å²) in [5, 5.41) is 20.6. The number of carbonyl (C=O) groups excluding carboxylic acids is 2. The number of phenols is 1. The lowest BCUT2D eigenvalue weighted by atomic mass is 9.57. The molecule has 0 radical (unpaired) electrons.